The number of likely N-dealkylation sites (tertiary alicyclic amines) is 1. The average molecular weight is 316 g/mol. The second-order valence-corrected chi connectivity index (χ2v) is 6.89. The lowest BCUT2D eigenvalue weighted by molar-refractivity contribution is -0.897. The molecule has 0 spiro atoms. The van der Waals surface area contributed by atoms with Crippen molar-refractivity contribution in [3.05, 3.63) is 35.4 Å². The normalized spacial score (nSPS) is 24.0. The fourth-order valence-electron chi connectivity index (χ4n) is 3.14. The van der Waals surface area contributed by atoms with Gasteiger partial charge in [-0.1, -0.05) is 17.7 Å². The van der Waals surface area contributed by atoms with E-state index in [9.17, 15) is 9.59 Å². The Morgan fingerprint density at radius 2 is 1.78 bits per heavy atom. The van der Waals surface area contributed by atoms with Gasteiger partial charge in [0.05, 0.1) is 13.1 Å². The third-order valence-electron chi connectivity index (χ3n) is 4.66. The Morgan fingerprint density at radius 3 is 2.43 bits per heavy atom. The monoisotopic (exact) mass is 316 g/mol. The van der Waals surface area contributed by atoms with E-state index in [0.29, 0.717) is 12.6 Å². The maximum atomic E-state index is 12.3. The maximum Gasteiger partial charge on any atom is 0.275 e. The van der Waals surface area contributed by atoms with Crippen molar-refractivity contribution in [1.82, 2.24) is 10.6 Å². The van der Waals surface area contributed by atoms with Crippen LogP contribution in [0.2, 0.25) is 0 Å². The molecule has 3 N–H and O–H groups in total. The fraction of sp³-hybridized carbons (Fsp3) is 0.556. The van der Waals surface area contributed by atoms with Gasteiger partial charge in [-0.15, -0.1) is 0 Å². The molecule has 2 fully saturated rings. The zero-order valence-corrected chi connectivity index (χ0v) is 13.7. The molecule has 0 bridgehead atoms. The van der Waals surface area contributed by atoms with E-state index in [0.717, 1.165) is 49.9 Å². The molecule has 3 rings (SSSR count). The molecule has 1 aromatic carbocycles. The van der Waals surface area contributed by atoms with Crippen LogP contribution in [0.25, 0.3) is 0 Å². The van der Waals surface area contributed by atoms with Crippen LogP contribution in [0, 0.1) is 6.92 Å². The number of aryl methyl sites for hydroxylation is 1. The van der Waals surface area contributed by atoms with Crippen molar-refractivity contribution < 1.29 is 14.5 Å². The summed E-state index contributed by atoms with van der Waals surface area (Å²) in [7, 11) is 0. The summed E-state index contributed by atoms with van der Waals surface area (Å²) < 4.78 is 0. The number of amides is 2. The fourth-order valence-corrected chi connectivity index (χ4v) is 3.14. The highest BCUT2D eigenvalue weighted by atomic mass is 16.2. The molecular formula is C18H26N3O2+. The third kappa shape index (κ3) is 4.79. The molecule has 5 nitrogen and oxygen atoms in total. The minimum Gasteiger partial charge on any atom is -0.349 e. The van der Waals surface area contributed by atoms with E-state index in [1.807, 2.05) is 31.2 Å². The first-order valence-electron chi connectivity index (χ1n) is 8.60. The second-order valence-electron chi connectivity index (χ2n) is 6.89. The lowest BCUT2D eigenvalue weighted by Crippen LogP contribution is -3.14. The molecule has 0 aromatic heterocycles. The number of carbonyl (C=O) groups excluding carboxylic acids is 2. The maximum absolute atomic E-state index is 12.3. The van der Waals surface area contributed by atoms with Gasteiger partial charge >= 0.3 is 0 Å². The van der Waals surface area contributed by atoms with Crippen molar-refractivity contribution in [2.75, 3.05) is 19.6 Å². The summed E-state index contributed by atoms with van der Waals surface area (Å²) in [5.74, 6) is 0.179. The molecule has 5 heteroatoms. The number of nitrogens with one attached hydrogen (secondary N) is 3. The summed E-state index contributed by atoms with van der Waals surface area (Å²) in [4.78, 5) is 25.4. The van der Waals surface area contributed by atoms with E-state index in [2.05, 4.69) is 10.6 Å². The van der Waals surface area contributed by atoms with Crippen LogP contribution in [-0.4, -0.2) is 43.5 Å². The molecule has 2 aliphatic rings. The van der Waals surface area contributed by atoms with E-state index >= 15 is 0 Å². The lowest BCUT2D eigenvalue weighted by Gasteiger charge is -2.29. The molecule has 1 heterocycles. The highest BCUT2D eigenvalue weighted by molar-refractivity contribution is 5.94. The van der Waals surface area contributed by atoms with Crippen LogP contribution in [0.1, 0.15) is 41.6 Å². The molecule has 0 unspecified atom stereocenters. The van der Waals surface area contributed by atoms with Crippen LogP contribution in [0.5, 0.6) is 0 Å². The zero-order valence-electron chi connectivity index (χ0n) is 13.7. The van der Waals surface area contributed by atoms with Gasteiger partial charge < -0.3 is 15.5 Å². The van der Waals surface area contributed by atoms with Gasteiger partial charge in [0.2, 0.25) is 0 Å². The first-order valence-corrected chi connectivity index (χ1v) is 8.60. The van der Waals surface area contributed by atoms with E-state index in [4.69, 9.17) is 0 Å². The summed E-state index contributed by atoms with van der Waals surface area (Å²) in [6.07, 6.45) is 4.13. The van der Waals surface area contributed by atoms with Crippen LogP contribution in [0.15, 0.2) is 24.3 Å². The van der Waals surface area contributed by atoms with Gasteiger partial charge in [0.1, 0.15) is 0 Å². The van der Waals surface area contributed by atoms with Crippen LogP contribution in [0.3, 0.4) is 0 Å². The van der Waals surface area contributed by atoms with Crippen LogP contribution >= 0.6 is 0 Å². The molecule has 1 saturated heterocycles. The van der Waals surface area contributed by atoms with Crippen LogP contribution < -0.4 is 15.5 Å². The van der Waals surface area contributed by atoms with Gasteiger partial charge in [-0.2, -0.15) is 0 Å². The lowest BCUT2D eigenvalue weighted by atomic mass is 10.0. The Hall–Kier alpha value is -1.88. The predicted molar refractivity (Wildman–Crippen MR) is 88.4 cm³/mol. The quantitative estimate of drug-likeness (QED) is 0.719. The highest BCUT2D eigenvalue weighted by Crippen LogP contribution is 2.18. The molecule has 0 atom stereocenters. The summed E-state index contributed by atoms with van der Waals surface area (Å²) in [5, 5.41) is 6.17. The van der Waals surface area contributed by atoms with Gasteiger partial charge in [-0.25, -0.2) is 0 Å². The minimum absolute atomic E-state index is 0.00799. The highest BCUT2D eigenvalue weighted by Gasteiger charge is 2.28. The Bertz CT molecular complexity index is 575. The molecule has 2 amide bonds. The van der Waals surface area contributed by atoms with Gasteiger partial charge in [-0.3, -0.25) is 9.59 Å². The largest absolute Gasteiger partial charge is 0.349 e. The first-order chi connectivity index (χ1) is 11.1. The van der Waals surface area contributed by atoms with Crippen molar-refractivity contribution in [3.63, 3.8) is 0 Å². The number of quaternary nitrogens is 1. The van der Waals surface area contributed by atoms with Crippen molar-refractivity contribution in [2.45, 2.75) is 44.7 Å². The molecule has 1 aliphatic carbocycles. The smallest absolute Gasteiger partial charge is 0.275 e. The van der Waals surface area contributed by atoms with E-state index < -0.39 is 0 Å². The average Bonchev–Trinajstić information content (AvgIpc) is 3.33. The zero-order chi connectivity index (χ0) is 16.2. The molecule has 0 radical (unpaired) electrons. The number of carbonyl (C=O) groups is 2. The van der Waals surface area contributed by atoms with Crippen molar-refractivity contribution >= 4 is 11.8 Å². The number of hydrogen-bond donors (Lipinski definition) is 3. The van der Waals surface area contributed by atoms with E-state index in [1.165, 1.54) is 4.90 Å². The van der Waals surface area contributed by atoms with Gasteiger partial charge in [0, 0.05) is 30.5 Å². The molecule has 23 heavy (non-hydrogen) atoms. The number of piperidine rings is 1. The summed E-state index contributed by atoms with van der Waals surface area (Å²) in [5.41, 5.74) is 1.82. The Morgan fingerprint density at radius 1 is 1.09 bits per heavy atom. The molecular weight excluding hydrogens is 290 g/mol. The van der Waals surface area contributed by atoms with Gasteiger partial charge in [-0.05, 0) is 31.9 Å². The molecule has 1 saturated carbocycles. The van der Waals surface area contributed by atoms with Gasteiger partial charge in [0.25, 0.3) is 11.8 Å². The van der Waals surface area contributed by atoms with Crippen LogP contribution in [0.4, 0.5) is 0 Å². The number of hydrogen-bond acceptors (Lipinski definition) is 2. The van der Waals surface area contributed by atoms with Gasteiger partial charge in [0.15, 0.2) is 6.54 Å². The first kappa shape index (κ1) is 16.0. The molecule has 1 aromatic rings. The predicted octanol–water partition coefficient (Wildman–Crippen LogP) is 0.0507. The standard InChI is InChI=1S/C18H25N3O2/c1-13-3-2-4-14(11-13)18(23)20-16-7-9-21(10-8-16)12-17(22)19-15-5-6-15/h2-4,11,15-16H,5-10,12H2,1H3,(H,19,22)(H,20,23)/p+1. The summed E-state index contributed by atoms with van der Waals surface area (Å²) in [6.45, 7) is 4.44. The van der Waals surface area contributed by atoms with Crippen molar-refractivity contribution in [2.24, 2.45) is 0 Å². The Kier molecular flexibility index (Phi) is 4.96. The summed E-state index contributed by atoms with van der Waals surface area (Å²) in [6, 6.07) is 8.33. The topological polar surface area (TPSA) is 62.6 Å². The number of benzene rings is 1. The Labute approximate surface area is 137 Å². The van der Waals surface area contributed by atoms with Crippen molar-refractivity contribution in [1.29, 1.82) is 0 Å². The minimum atomic E-state index is 0.00799. The van der Waals surface area contributed by atoms with E-state index in [-0.39, 0.29) is 17.9 Å². The third-order valence-corrected chi connectivity index (χ3v) is 4.66. The SMILES string of the molecule is Cc1cccc(C(=O)NC2CC[NH+](CC(=O)NC3CC3)CC2)c1. The molecule has 124 valence electrons. The molecule has 1 aliphatic heterocycles. The van der Waals surface area contributed by atoms with Crippen molar-refractivity contribution in [3.8, 4) is 0 Å². The van der Waals surface area contributed by atoms with Crippen LogP contribution in [-0.2, 0) is 4.79 Å². The second kappa shape index (κ2) is 7.13. The van der Waals surface area contributed by atoms with E-state index in [1.54, 1.807) is 0 Å². The number of rotatable bonds is 5. The Balaban J connectivity index is 1.41. The summed E-state index contributed by atoms with van der Waals surface area (Å²) >= 11 is 0.